The molecule has 1 N–H and O–H groups in total. The van der Waals surface area contributed by atoms with Crippen molar-refractivity contribution >= 4 is 21.4 Å². The third-order valence-corrected chi connectivity index (χ3v) is 5.29. The molecule has 0 fully saturated rings. The maximum Gasteiger partial charge on any atom is 0.250 e. The minimum atomic E-state index is -3.39. The molecule has 17 heavy (non-hydrogen) atoms. The van der Waals surface area contributed by atoms with E-state index < -0.39 is 15.6 Å². The molecule has 1 heterocycles. The van der Waals surface area contributed by atoms with Gasteiger partial charge in [0.15, 0.2) is 0 Å². The number of rotatable bonds is 5. The van der Waals surface area contributed by atoms with Crippen LogP contribution < -0.4 is 4.72 Å². The molecule has 0 aliphatic rings. The van der Waals surface area contributed by atoms with E-state index in [4.69, 9.17) is 4.74 Å². The molecule has 98 valence electrons. The summed E-state index contributed by atoms with van der Waals surface area (Å²) < 4.78 is 32.0. The largest absolute Gasteiger partial charge is 0.384 e. The highest BCUT2D eigenvalue weighted by atomic mass is 32.2. The first-order valence-corrected chi connectivity index (χ1v) is 7.66. The first-order valence-electron chi connectivity index (χ1n) is 5.36. The highest BCUT2D eigenvalue weighted by Gasteiger charge is 2.23. The summed E-state index contributed by atoms with van der Waals surface area (Å²) >= 11 is 1.29. The number of hydrogen-bond acceptors (Lipinski definition) is 4. The van der Waals surface area contributed by atoms with Gasteiger partial charge < -0.3 is 4.74 Å². The summed E-state index contributed by atoms with van der Waals surface area (Å²) in [5, 5.41) is 0. The number of thiophene rings is 1. The average Bonchev–Trinajstić information content (AvgIpc) is 2.59. The Kier molecular flexibility index (Phi) is 4.71. The Bertz CT molecular complexity index is 457. The van der Waals surface area contributed by atoms with Crippen molar-refractivity contribution in [2.75, 3.05) is 13.7 Å². The fraction of sp³-hybridized carbons (Fsp3) is 0.636. The standard InChI is InChI=1S/C11H19NO3S2/c1-11(2,3)12-17(13,14)10-6-5-9(16-10)7-8-15-4/h5-6,12H,7-8H2,1-4H3. The third-order valence-electron chi connectivity index (χ3n) is 1.89. The Labute approximate surface area is 107 Å². The molecule has 0 bridgehead atoms. The highest BCUT2D eigenvalue weighted by molar-refractivity contribution is 7.91. The molecule has 0 aliphatic heterocycles. The summed E-state index contributed by atoms with van der Waals surface area (Å²) in [6.07, 6.45) is 0.742. The number of methoxy groups -OCH3 is 1. The van der Waals surface area contributed by atoms with Crippen molar-refractivity contribution in [1.29, 1.82) is 0 Å². The van der Waals surface area contributed by atoms with Gasteiger partial charge in [-0.1, -0.05) is 0 Å². The predicted octanol–water partition coefficient (Wildman–Crippen LogP) is 2.01. The normalized spacial score (nSPS) is 12.9. The van der Waals surface area contributed by atoms with Crippen molar-refractivity contribution in [3.05, 3.63) is 17.0 Å². The Hall–Kier alpha value is -0.430. The van der Waals surface area contributed by atoms with Crippen molar-refractivity contribution in [3.8, 4) is 0 Å². The Morgan fingerprint density at radius 3 is 2.53 bits per heavy atom. The fourth-order valence-electron chi connectivity index (χ4n) is 1.29. The van der Waals surface area contributed by atoms with E-state index in [1.165, 1.54) is 11.3 Å². The minimum absolute atomic E-state index is 0.360. The molecule has 1 aromatic heterocycles. The van der Waals surface area contributed by atoms with Gasteiger partial charge in [-0.05, 0) is 32.9 Å². The van der Waals surface area contributed by atoms with Gasteiger partial charge in [-0.2, -0.15) is 0 Å². The SMILES string of the molecule is COCCc1ccc(S(=O)(=O)NC(C)(C)C)s1. The molecule has 0 unspecified atom stereocenters. The summed E-state index contributed by atoms with van der Waals surface area (Å²) in [6, 6.07) is 3.48. The Morgan fingerprint density at radius 2 is 2.00 bits per heavy atom. The van der Waals surface area contributed by atoms with Crippen LogP contribution in [0.25, 0.3) is 0 Å². The van der Waals surface area contributed by atoms with Gasteiger partial charge in [-0.3, -0.25) is 0 Å². The van der Waals surface area contributed by atoms with Gasteiger partial charge in [-0.15, -0.1) is 11.3 Å². The molecule has 0 aromatic carbocycles. The van der Waals surface area contributed by atoms with E-state index in [0.29, 0.717) is 10.8 Å². The van der Waals surface area contributed by atoms with Crippen molar-refractivity contribution in [2.45, 2.75) is 36.9 Å². The van der Waals surface area contributed by atoms with Crippen molar-refractivity contribution < 1.29 is 13.2 Å². The molecule has 0 amide bonds. The van der Waals surface area contributed by atoms with Crippen molar-refractivity contribution in [1.82, 2.24) is 4.72 Å². The van der Waals surface area contributed by atoms with Gasteiger partial charge >= 0.3 is 0 Å². The van der Waals surface area contributed by atoms with E-state index in [1.54, 1.807) is 13.2 Å². The van der Waals surface area contributed by atoms with Gasteiger partial charge in [-0.25, -0.2) is 13.1 Å². The zero-order valence-electron chi connectivity index (χ0n) is 10.6. The third kappa shape index (κ3) is 4.75. The minimum Gasteiger partial charge on any atom is -0.384 e. The molecule has 0 aliphatic carbocycles. The molecular weight excluding hydrogens is 258 g/mol. The summed E-state index contributed by atoms with van der Waals surface area (Å²) in [4.78, 5) is 1.01. The maximum absolute atomic E-state index is 12.0. The summed E-state index contributed by atoms with van der Waals surface area (Å²) in [7, 11) is -1.76. The first-order chi connectivity index (χ1) is 7.74. The van der Waals surface area contributed by atoms with Gasteiger partial charge in [0.05, 0.1) is 6.61 Å². The fourth-order valence-corrected chi connectivity index (χ4v) is 4.05. The number of hydrogen-bond donors (Lipinski definition) is 1. The summed E-state index contributed by atoms with van der Waals surface area (Å²) in [5.74, 6) is 0. The highest BCUT2D eigenvalue weighted by Crippen LogP contribution is 2.23. The van der Waals surface area contributed by atoms with Crippen LogP contribution in [0, 0.1) is 0 Å². The predicted molar refractivity (Wildman–Crippen MR) is 70.0 cm³/mol. The van der Waals surface area contributed by atoms with Crippen molar-refractivity contribution in [3.63, 3.8) is 0 Å². The number of nitrogens with one attached hydrogen (secondary N) is 1. The Morgan fingerprint density at radius 1 is 1.35 bits per heavy atom. The van der Waals surface area contributed by atoms with E-state index in [9.17, 15) is 8.42 Å². The number of ether oxygens (including phenoxy) is 1. The summed E-state index contributed by atoms with van der Waals surface area (Å²) in [5.41, 5.74) is -0.463. The second kappa shape index (κ2) is 5.48. The molecule has 4 nitrogen and oxygen atoms in total. The molecule has 1 aromatic rings. The quantitative estimate of drug-likeness (QED) is 0.896. The van der Waals surface area contributed by atoms with E-state index >= 15 is 0 Å². The maximum atomic E-state index is 12.0. The lowest BCUT2D eigenvalue weighted by Gasteiger charge is -2.19. The Balaban J connectivity index is 2.82. The van der Waals surface area contributed by atoms with Crippen LogP contribution in [-0.4, -0.2) is 27.7 Å². The average molecular weight is 277 g/mol. The van der Waals surface area contributed by atoms with E-state index in [2.05, 4.69) is 4.72 Å². The van der Waals surface area contributed by atoms with Gasteiger partial charge in [0, 0.05) is 23.9 Å². The molecule has 0 spiro atoms. The van der Waals surface area contributed by atoms with Crippen LogP contribution in [0.3, 0.4) is 0 Å². The number of sulfonamides is 1. The van der Waals surface area contributed by atoms with E-state index in [1.807, 2.05) is 26.8 Å². The molecular formula is C11H19NO3S2. The van der Waals surface area contributed by atoms with E-state index in [-0.39, 0.29) is 0 Å². The molecule has 0 radical (unpaired) electrons. The topological polar surface area (TPSA) is 55.4 Å². The lowest BCUT2D eigenvalue weighted by molar-refractivity contribution is 0.203. The molecule has 0 atom stereocenters. The van der Waals surface area contributed by atoms with Crippen LogP contribution in [0.15, 0.2) is 16.3 Å². The summed E-state index contributed by atoms with van der Waals surface area (Å²) in [6.45, 7) is 6.07. The zero-order valence-corrected chi connectivity index (χ0v) is 12.2. The lowest BCUT2D eigenvalue weighted by atomic mass is 10.1. The molecule has 0 saturated carbocycles. The van der Waals surface area contributed by atoms with Crippen LogP contribution in [-0.2, 0) is 21.2 Å². The first kappa shape index (κ1) is 14.6. The van der Waals surface area contributed by atoms with Gasteiger partial charge in [0.25, 0.3) is 10.0 Å². The van der Waals surface area contributed by atoms with Crippen LogP contribution in [0.1, 0.15) is 25.6 Å². The monoisotopic (exact) mass is 277 g/mol. The zero-order chi connectivity index (χ0) is 13.1. The molecule has 0 saturated heterocycles. The van der Waals surface area contributed by atoms with E-state index in [0.717, 1.165) is 11.3 Å². The second-order valence-electron chi connectivity index (χ2n) is 4.82. The van der Waals surface area contributed by atoms with Gasteiger partial charge in [0.2, 0.25) is 0 Å². The van der Waals surface area contributed by atoms with Gasteiger partial charge in [0.1, 0.15) is 4.21 Å². The molecule has 6 heteroatoms. The smallest absolute Gasteiger partial charge is 0.250 e. The molecule has 1 rings (SSSR count). The van der Waals surface area contributed by atoms with Crippen LogP contribution in [0.2, 0.25) is 0 Å². The second-order valence-corrected chi connectivity index (χ2v) is 7.90. The van der Waals surface area contributed by atoms with Crippen LogP contribution >= 0.6 is 11.3 Å². The van der Waals surface area contributed by atoms with Crippen LogP contribution in [0.5, 0.6) is 0 Å². The lowest BCUT2D eigenvalue weighted by Crippen LogP contribution is -2.40. The van der Waals surface area contributed by atoms with Crippen molar-refractivity contribution in [2.24, 2.45) is 0 Å². The van der Waals surface area contributed by atoms with Crippen LogP contribution in [0.4, 0.5) is 0 Å².